The van der Waals surface area contributed by atoms with Gasteiger partial charge < -0.3 is 5.32 Å². The van der Waals surface area contributed by atoms with E-state index >= 15 is 0 Å². The maximum atomic E-state index is 13.2. The molecule has 0 spiro atoms. The van der Waals surface area contributed by atoms with Crippen molar-refractivity contribution < 1.29 is 13.2 Å². The fourth-order valence-corrected chi connectivity index (χ4v) is 4.65. The minimum Gasteiger partial charge on any atom is -0.322 e. The second-order valence-electron chi connectivity index (χ2n) is 6.72. The molecule has 156 valence electrons. The molecule has 4 rings (SSSR count). The Hall–Kier alpha value is -2.59. The molecule has 0 fully saturated rings. The lowest BCUT2D eigenvalue weighted by Gasteiger charge is -2.14. The number of primary sulfonamides is 1. The van der Waals surface area contributed by atoms with Crippen molar-refractivity contribution in [2.45, 2.75) is 5.03 Å². The fraction of sp³-hybridized carbons (Fsp3) is 0. The molecule has 0 aliphatic carbocycles. The largest absolute Gasteiger partial charge is 0.322 e. The minimum absolute atomic E-state index is 0.234. The molecule has 9 heteroatoms. The summed E-state index contributed by atoms with van der Waals surface area (Å²) in [5.41, 5.74) is 2.10. The van der Waals surface area contributed by atoms with Crippen LogP contribution in [0.25, 0.3) is 21.9 Å². The molecule has 0 atom stereocenters. The maximum absolute atomic E-state index is 13.2. The Labute approximate surface area is 195 Å². The van der Waals surface area contributed by atoms with Crippen molar-refractivity contribution in [1.82, 2.24) is 4.98 Å². The van der Waals surface area contributed by atoms with E-state index in [1.165, 1.54) is 6.20 Å². The van der Waals surface area contributed by atoms with Gasteiger partial charge in [-0.15, -0.1) is 0 Å². The van der Waals surface area contributed by atoms with Crippen molar-refractivity contribution in [2.75, 3.05) is 5.32 Å². The SMILES string of the molecule is NS(=O)(=O)c1nccc2cccc(-c3ccc(Br)cc3C(=O)Nc3ccc(Br)cc3)c12. The number of sulfonamides is 1. The van der Waals surface area contributed by atoms with E-state index < -0.39 is 10.0 Å². The van der Waals surface area contributed by atoms with E-state index in [1.807, 2.05) is 12.1 Å². The van der Waals surface area contributed by atoms with Crippen molar-refractivity contribution >= 4 is 64.3 Å². The number of anilines is 1. The van der Waals surface area contributed by atoms with Crippen LogP contribution >= 0.6 is 31.9 Å². The lowest BCUT2D eigenvalue weighted by molar-refractivity contribution is 0.102. The number of amides is 1. The fourth-order valence-electron chi connectivity index (χ4n) is 3.31. The number of carbonyl (C=O) groups excluding carboxylic acids is 1. The summed E-state index contributed by atoms with van der Waals surface area (Å²) in [5.74, 6) is -0.336. The highest BCUT2D eigenvalue weighted by Gasteiger charge is 2.21. The first-order valence-electron chi connectivity index (χ1n) is 9.01. The number of fused-ring (bicyclic) bond motifs is 1. The topological polar surface area (TPSA) is 102 Å². The standard InChI is InChI=1S/C22H15Br2N3O3S/c23-14-4-7-16(8-5-14)27-21(28)19-12-15(24)6-9-17(19)18-3-1-2-13-10-11-26-22(20(13)18)31(25,29)30/h1-12H,(H,27,28)(H2,25,29,30). The summed E-state index contributed by atoms with van der Waals surface area (Å²) < 4.78 is 26.0. The van der Waals surface area contributed by atoms with Crippen LogP contribution in [0.3, 0.4) is 0 Å². The third kappa shape index (κ3) is 4.54. The molecule has 6 nitrogen and oxygen atoms in total. The Kier molecular flexibility index (Phi) is 5.94. The molecule has 4 aromatic rings. The number of rotatable bonds is 4. The summed E-state index contributed by atoms with van der Waals surface area (Å²) in [6.07, 6.45) is 1.40. The van der Waals surface area contributed by atoms with Gasteiger partial charge in [0, 0.05) is 31.8 Å². The van der Waals surface area contributed by atoms with E-state index in [-0.39, 0.29) is 10.9 Å². The van der Waals surface area contributed by atoms with E-state index in [2.05, 4.69) is 42.2 Å². The number of hydrogen-bond donors (Lipinski definition) is 2. The monoisotopic (exact) mass is 559 g/mol. The van der Waals surface area contributed by atoms with Gasteiger partial charge in [0.2, 0.25) is 0 Å². The maximum Gasteiger partial charge on any atom is 0.256 e. The molecule has 3 N–H and O–H groups in total. The van der Waals surface area contributed by atoms with Crippen molar-refractivity contribution in [3.8, 4) is 11.1 Å². The third-order valence-corrected chi connectivity index (χ3v) is 6.51. The average Bonchev–Trinajstić information content (AvgIpc) is 2.74. The smallest absolute Gasteiger partial charge is 0.256 e. The van der Waals surface area contributed by atoms with Gasteiger partial charge in [-0.2, -0.15) is 0 Å². The van der Waals surface area contributed by atoms with Crippen LogP contribution in [0.2, 0.25) is 0 Å². The molecule has 0 unspecified atom stereocenters. The van der Waals surface area contributed by atoms with Gasteiger partial charge in [0.1, 0.15) is 0 Å². The van der Waals surface area contributed by atoms with Crippen LogP contribution in [-0.2, 0) is 10.0 Å². The van der Waals surface area contributed by atoms with Crippen LogP contribution in [0, 0.1) is 0 Å². The quantitative estimate of drug-likeness (QED) is 0.352. The first-order valence-corrected chi connectivity index (χ1v) is 12.1. The number of aromatic nitrogens is 1. The first kappa shape index (κ1) is 21.6. The summed E-state index contributed by atoms with van der Waals surface area (Å²) in [5, 5.41) is 9.09. The summed E-state index contributed by atoms with van der Waals surface area (Å²) >= 11 is 6.78. The Morgan fingerprint density at radius 2 is 1.61 bits per heavy atom. The zero-order valence-corrected chi connectivity index (χ0v) is 19.8. The zero-order valence-electron chi connectivity index (χ0n) is 15.8. The van der Waals surface area contributed by atoms with Crippen LogP contribution in [0.5, 0.6) is 0 Å². The number of nitrogens with zero attached hydrogens (tertiary/aromatic N) is 1. The van der Waals surface area contributed by atoms with Gasteiger partial charge in [-0.25, -0.2) is 18.5 Å². The van der Waals surface area contributed by atoms with E-state index in [9.17, 15) is 13.2 Å². The zero-order chi connectivity index (χ0) is 22.2. The van der Waals surface area contributed by atoms with Gasteiger partial charge >= 0.3 is 0 Å². The second-order valence-corrected chi connectivity index (χ2v) is 10.0. The number of pyridine rings is 1. The molecule has 0 radical (unpaired) electrons. The van der Waals surface area contributed by atoms with Gasteiger partial charge in [0.15, 0.2) is 5.03 Å². The molecule has 3 aromatic carbocycles. The normalized spacial score (nSPS) is 11.5. The molecule has 1 amide bonds. The van der Waals surface area contributed by atoms with Crippen LogP contribution in [0.15, 0.2) is 86.9 Å². The van der Waals surface area contributed by atoms with Crippen molar-refractivity contribution in [2.24, 2.45) is 5.14 Å². The van der Waals surface area contributed by atoms with E-state index in [0.29, 0.717) is 37.6 Å². The predicted molar refractivity (Wildman–Crippen MR) is 128 cm³/mol. The number of benzene rings is 3. The highest BCUT2D eigenvalue weighted by atomic mass is 79.9. The van der Waals surface area contributed by atoms with Crippen LogP contribution in [0.1, 0.15) is 10.4 Å². The third-order valence-electron chi connectivity index (χ3n) is 4.64. The summed E-state index contributed by atoms with van der Waals surface area (Å²) in [7, 11) is -4.08. The molecular formula is C22H15Br2N3O3S. The molecule has 1 heterocycles. The highest BCUT2D eigenvalue weighted by molar-refractivity contribution is 9.10. The second kappa shape index (κ2) is 8.51. The van der Waals surface area contributed by atoms with Gasteiger partial charge in [0.05, 0.1) is 0 Å². The van der Waals surface area contributed by atoms with E-state index in [4.69, 9.17) is 5.14 Å². The number of hydrogen-bond acceptors (Lipinski definition) is 4. The highest BCUT2D eigenvalue weighted by Crippen LogP contribution is 2.35. The number of carbonyl (C=O) groups is 1. The molecule has 0 aliphatic heterocycles. The molecule has 1 aromatic heterocycles. The molecule has 0 saturated heterocycles. The lowest BCUT2D eigenvalue weighted by atomic mass is 9.95. The van der Waals surface area contributed by atoms with Gasteiger partial charge in [0.25, 0.3) is 15.9 Å². The molecule has 0 aliphatic rings. The summed E-state index contributed by atoms with van der Waals surface area (Å²) in [6, 6.07) is 19.5. The van der Waals surface area contributed by atoms with Crippen molar-refractivity contribution in [3.05, 3.63) is 87.4 Å². The van der Waals surface area contributed by atoms with E-state index in [1.54, 1.807) is 54.6 Å². The van der Waals surface area contributed by atoms with Crippen LogP contribution in [0.4, 0.5) is 5.69 Å². The minimum atomic E-state index is -4.08. The van der Waals surface area contributed by atoms with Gasteiger partial charge in [-0.1, -0.05) is 56.1 Å². The van der Waals surface area contributed by atoms with Gasteiger partial charge in [-0.3, -0.25) is 4.79 Å². The average molecular weight is 561 g/mol. The number of nitrogens with two attached hydrogens (primary N) is 1. The van der Waals surface area contributed by atoms with Crippen LogP contribution in [-0.4, -0.2) is 19.3 Å². The van der Waals surface area contributed by atoms with Crippen molar-refractivity contribution in [1.29, 1.82) is 0 Å². The summed E-state index contributed by atoms with van der Waals surface area (Å²) in [6.45, 7) is 0. The number of halogens is 2. The first-order chi connectivity index (χ1) is 14.7. The predicted octanol–water partition coefficient (Wildman–Crippen LogP) is 5.33. The molecule has 31 heavy (non-hydrogen) atoms. The Balaban J connectivity index is 1.91. The van der Waals surface area contributed by atoms with Crippen LogP contribution < -0.4 is 10.5 Å². The lowest BCUT2D eigenvalue weighted by Crippen LogP contribution is -2.15. The molecule has 0 bridgehead atoms. The summed E-state index contributed by atoms with van der Waals surface area (Å²) in [4.78, 5) is 17.2. The van der Waals surface area contributed by atoms with E-state index in [0.717, 1.165) is 4.47 Å². The molecule has 0 saturated carbocycles. The Morgan fingerprint density at radius 1 is 0.903 bits per heavy atom. The van der Waals surface area contributed by atoms with Crippen molar-refractivity contribution in [3.63, 3.8) is 0 Å². The Bertz CT molecular complexity index is 1420. The molecular weight excluding hydrogens is 546 g/mol. The van der Waals surface area contributed by atoms with Gasteiger partial charge in [-0.05, 0) is 59.0 Å². The number of nitrogens with one attached hydrogen (secondary N) is 1. The Morgan fingerprint density at radius 3 is 2.32 bits per heavy atom.